The van der Waals surface area contributed by atoms with Crippen LogP contribution in [0.1, 0.15) is 58.9 Å². The smallest absolute Gasteiger partial charge is 0.338 e. The SMILES string of the molecule is CC(=O)NCc1ccccc1-c1ccc(C2OC(CSc3ncccc3C(=O)O)C(C)C(c3ccc(CO)cc3)O2)cc1. The Bertz CT molecular complexity index is 1560. The van der Waals surface area contributed by atoms with Crippen LogP contribution in [0.3, 0.4) is 0 Å². The van der Waals surface area contributed by atoms with E-state index in [9.17, 15) is 19.8 Å². The molecule has 0 bridgehead atoms. The van der Waals surface area contributed by atoms with Crippen molar-refractivity contribution >= 4 is 23.6 Å². The summed E-state index contributed by atoms with van der Waals surface area (Å²) in [6, 6.07) is 26.9. The minimum atomic E-state index is -1.02. The molecule has 1 aliphatic rings. The van der Waals surface area contributed by atoms with Crippen molar-refractivity contribution in [3.63, 3.8) is 0 Å². The zero-order valence-corrected chi connectivity index (χ0v) is 24.8. The highest BCUT2D eigenvalue weighted by atomic mass is 32.2. The Labute approximate surface area is 255 Å². The highest BCUT2D eigenvalue weighted by Gasteiger charge is 2.38. The fourth-order valence-electron chi connectivity index (χ4n) is 5.14. The molecule has 1 saturated heterocycles. The lowest BCUT2D eigenvalue weighted by Crippen LogP contribution is -2.38. The summed E-state index contributed by atoms with van der Waals surface area (Å²) in [6.07, 6.45) is 0.370. The van der Waals surface area contributed by atoms with Crippen LogP contribution in [0.15, 0.2) is 96.2 Å². The van der Waals surface area contributed by atoms with E-state index in [2.05, 4.69) is 17.2 Å². The molecule has 0 spiro atoms. The molecule has 1 aromatic heterocycles. The molecule has 1 amide bonds. The molecule has 0 saturated carbocycles. The second-order valence-electron chi connectivity index (χ2n) is 10.5. The second kappa shape index (κ2) is 14.0. The van der Waals surface area contributed by atoms with Crippen LogP contribution in [0.4, 0.5) is 0 Å². The number of amides is 1. The maximum absolute atomic E-state index is 11.7. The van der Waals surface area contributed by atoms with Gasteiger partial charge in [0, 0.05) is 36.9 Å². The van der Waals surface area contributed by atoms with Crippen LogP contribution in [-0.2, 0) is 27.4 Å². The molecule has 4 atom stereocenters. The topological polar surface area (TPSA) is 118 Å². The fourth-order valence-corrected chi connectivity index (χ4v) is 6.29. The lowest BCUT2D eigenvalue weighted by Gasteiger charge is -2.41. The third-order valence-electron chi connectivity index (χ3n) is 7.55. The van der Waals surface area contributed by atoms with Gasteiger partial charge in [0.25, 0.3) is 0 Å². The van der Waals surface area contributed by atoms with Gasteiger partial charge in [-0.05, 0) is 39.9 Å². The number of carboxylic acids is 1. The summed E-state index contributed by atoms with van der Waals surface area (Å²) < 4.78 is 13.1. The van der Waals surface area contributed by atoms with Gasteiger partial charge in [-0.1, -0.05) is 79.7 Å². The number of benzene rings is 3. The first-order valence-electron chi connectivity index (χ1n) is 14.1. The Hall–Kier alpha value is -4.02. The maximum atomic E-state index is 11.7. The predicted molar refractivity (Wildman–Crippen MR) is 164 cm³/mol. The molecule has 1 aliphatic heterocycles. The zero-order chi connectivity index (χ0) is 30.3. The van der Waals surface area contributed by atoms with Crippen molar-refractivity contribution < 1.29 is 29.3 Å². The number of carboxylic acid groups (broad SMARTS) is 1. The second-order valence-corrected chi connectivity index (χ2v) is 11.5. The highest BCUT2D eigenvalue weighted by Crippen LogP contribution is 2.43. The van der Waals surface area contributed by atoms with Crippen LogP contribution < -0.4 is 5.32 Å². The number of aliphatic hydroxyl groups is 1. The summed E-state index contributed by atoms with van der Waals surface area (Å²) in [7, 11) is 0. The van der Waals surface area contributed by atoms with Crippen LogP contribution in [0, 0.1) is 5.92 Å². The third-order valence-corrected chi connectivity index (χ3v) is 8.64. The average Bonchev–Trinajstić information content (AvgIpc) is 3.03. The number of thioether (sulfide) groups is 1. The van der Waals surface area contributed by atoms with Gasteiger partial charge < -0.3 is 25.0 Å². The molecule has 8 nitrogen and oxygen atoms in total. The van der Waals surface area contributed by atoms with Gasteiger partial charge in [-0.25, -0.2) is 9.78 Å². The number of aromatic nitrogens is 1. The van der Waals surface area contributed by atoms with E-state index in [1.165, 1.54) is 18.7 Å². The van der Waals surface area contributed by atoms with Gasteiger partial charge in [-0.3, -0.25) is 4.79 Å². The first-order chi connectivity index (χ1) is 20.8. The van der Waals surface area contributed by atoms with E-state index in [4.69, 9.17) is 9.47 Å². The molecule has 9 heteroatoms. The molecule has 4 unspecified atom stereocenters. The van der Waals surface area contributed by atoms with Crippen molar-refractivity contribution in [2.24, 2.45) is 5.92 Å². The van der Waals surface area contributed by atoms with Gasteiger partial charge in [0.15, 0.2) is 6.29 Å². The number of pyridine rings is 1. The van der Waals surface area contributed by atoms with Crippen molar-refractivity contribution in [3.8, 4) is 11.1 Å². The van der Waals surface area contributed by atoms with E-state index in [1.807, 2.05) is 72.8 Å². The molecule has 1 fully saturated rings. The molecule has 0 aliphatic carbocycles. The molecule has 222 valence electrons. The molecule has 3 aromatic carbocycles. The van der Waals surface area contributed by atoms with Crippen LogP contribution >= 0.6 is 11.8 Å². The molecular weight excluding hydrogens is 564 g/mol. The van der Waals surface area contributed by atoms with Crippen molar-refractivity contribution in [2.45, 2.75) is 50.5 Å². The third kappa shape index (κ3) is 7.32. The number of aliphatic hydroxyl groups excluding tert-OH is 1. The van der Waals surface area contributed by atoms with E-state index >= 15 is 0 Å². The number of nitrogens with zero attached hydrogens (tertiary/aromatic N) is 1. The fraction of sp³-hybridized carbons (Fsp3) is 0.265. The minimum absolute atomic E-state index is 0.0391. The quantitative estimate of drug-likeness (QED) is 0.186. The van der Waals surface area contributed by atoms with Crippen molar-refractivity contribution in [2.75, 3.05) is 5.75 Å². The number of hydrogen-bond donors (Lipinski definition) is 3. The number of hydrogen-bond acceptors (Lipinski definition) is 7. The van der Waals surface area contributed by atoms with E-state index in [-0.39, 0.29) is 36.2 Å². The van der Waals surface area contributed by atoms with Crippen molar-refractivity contribution in [1.82, 2.24) is 10.3 Å². The number of nitrogens with one attached hydrogen (secondary N) is 1. The van der Waals surface area contributed by atoms with Crippen LogP contribution in [0.5, 0.6) is 0 Å². The van der Waals surface area contributed by atoms with E-state index in [0.717, 1.165) is 33.4 Å². The molecule has 3 N–H and O–H groups in total. The van der Waals surface area contributed by atoms with Crippen molar-refractivity contribution in [1.29, 1.82) is 0 Å². The summed E-state index contributed by atoms with van der Waals surface area (Å²) in [5.74, 6) is -0.671. The van der Waals surface area contributed by atoms with Gasteiger partial charge in [-0.2, -0.15) is 0 Å². The molecular formula is C34H34N2O6S. The Kier molecular flexibility index (Phi) is 9.89. The predicted octanol–water partition coefficient (Wildman–Crippen LogP) is 6.16. The van der Waals surface area contributed by atoms with E-state index < -0.39 is 12.3 Å². The zero-order valence-electron chi connectivity index (χ0n) is 24.0. The molecule has 43 heavy (non-hydrogen) atoms. The summed E-state index contributed by atoms with van der Waals surface area (Å²) >= 11 is 1.36. The van der Waals surface area contributed by atoms with Gasteiger partial charge >= 0.3 is 5.97 Å². The summed E-state index contributed by atoms with van der Waals surface area (Å²) in [6.45, 7) is 3.97. The Morgan fingerprint density at radius 3 is 2.35 bits per heavy atom. The first kappa shape index (κ1) is 30.4. The van der Waals surface area contributed by atoms with Crippen LogP contribution in [0.2, 0.25) is 0 Å². The van der Waals surface area contributed by atoms with Gasteiger partial charge in [-0.15, -0.1) is 11.8 Å². The first-order valence-corrected chi connectivity index (χ1v) is 15.1. The van der Waals surface area contributed by atoms with Crippen LogP contribution in [0.25, 0.3) is 11.1 Å². The maximum Gasteiger partial charge on any atom is 0.338 e. The van der Waals surface area contributed by atoms with E-state index in [1.54, 1.807) is 18.3 Å². The van der Waals surface area contributed by atoms with Crippen molar-refractivity contribution in [3.05, 3.63) is 119 Å². The summed E-state index contributed by atoms with van der Waals surface area (Å²) in [5, 5.41) is 22.5. The number of carbonyl (C=O) groups is 2. The molecule has 0 radical (unpaired) electrons. The highest BCUT2D eigenvalue weighted by molar-refractivity contribution is 7.99. The number of rotatable bonds is 10. The number of ether oxygens (including phenoxy) is 2. The Morgan fingerprint density at radius 1 is 0.930 bits per heavy atom. The van der Waals surface area contributed by atoms with Gasteiger partial charge in [0.1, 0.15) is 5.03 Å². The lowest BCUT2D eigenvalue weighted by molar-refractivity contribution is -0.268. The van der Waals surface area contributed by atoms with Gasteiger partial charge in [0.2, 0.25) is 5.91 Å². The normalized spacial score (nSPS) is 20.0. The van der Waals surface area contributed by atoms with Gasteiger partial charge in [0.05, 0.1) is 24.4 Å². The summed E-state index contributed by atoms with van der Waals surface area (Å²) in [4.78, 5) is 27.5. The largest absolute Gasteiger partial charge is 0.478 e. The Balaban J connectivity index is 1.41. The summed E-state index contributed by atoms with van der Waals surface area (Å²) in [5.41, 5.74) is 5.86. The molecule has 5 rings (SSSR count). The van der Waals surface area contributed by atoms with Crippen LogP contribution in [-0.4, -0.2) is 38.9 Å². The molecule has 2 heterocycles. The molecule has 4 aromatic rings. The monoisotopic (exact) mass is 598 g/mol. The number of carbonyl (C=O) groups excluding carboxylic acids is 1. The minimum Gasteiger partial charge on any atom is -0.478 e. The number of aromatic carboxylic acids is 1. The van der Waals surface area contributed by atoms with E-state index in [0.29, 0.717) is 17.3 Å². The standard InChI is InChI=1S/C34H34N2O6S/c1-21-30(20-43-32-29(33(39)40)8-5-17-35-32)41-34(42-31(21)25-11-9-23(19-37)10-12-25)26-15-13-24(14-16-26)28-7-4-3-6-27(28)18-36-22(2)38/h3-17,21,30-31,34,37H,18-20H2,1-2H3,(H,36,38)(H,39,40). The Morgan fingerprint density at radius 2 is 1.65 bits per heavy atom. The lowest BCUT2D eigenvalue weighted by atomic mass is 9.91. The average molecular weight is 599 g/mol.